The van der Waals surface area contributed by atoms with Gasteiger partial charge in [-0.1, -0.05) is 42.5 Å². The molecule has 3 heteroatoms. The molecule has 0 bridgehead atoms. The number of anilines is 1. The minimum atomic E-state index is 0.187. The predicted octanol–water partition coefficient (Wildman–Crippen LogP) is 5.19. The Morgan fingerprint density at radius 3 is 2.88 bits per heavy atom. The molecular formula is C22H25NO2. The van der Waals surface area contributed by atoms with E-state index in [4.69, 9.17) is 9.47 Å². The summed E-state index contributed by atoms with van der Waals surface area (Å²) in [6, 6.07) is 15.3. The summed E-state index contributed by atoms with van der Waals surface area (Å²) in [5.74, 6) is 1.34. The number of hydrogen-bond acceptors (Lipinski definition) is 3. The second kappa shape index (κ2) is 6.93. The standard InChI is InChI=1S/C22H25NO2/c1-3-12-24-17-9-7-16(8-10-17)21-18-5-4-13-25-22(18)19-14-15(2)6-11-20(19)23-21/h3,6-11,14,18,21-23H,1,4-5,12-13H2,2H3/t18-,21?,22-/m0/s1. The molecule has 4 rings (SSSR count). The van der Waals surface area contributed by atoms with E-state index in [2.05, 4.69) is 49.2 Å². The summed E-state index contributed by atoms with van der Waals surface area (Å²) >= 11 is 0. The van der Waals surface area contributed by atoms with Crippen LogP contribution in [0.1, 0.15) is 41.7 Å². The molecular weight excluding hydrogens is 310 g/mol. The zero-order valence-electron chi connectivity index (χ0n) is 14.7. The lowest BCUT2D eigenvalue weighted by molar-refractivity contribution is -0.0381. The molecule has 3 nitrogen and oxygen atoms in total. The van der Waals surface area contributed by atoms with E-state index in [-0.39, 0.29) is 12.1 Å². The first-order valence-electron chi connectivity index (χ1n) is 9.08. The zero-order chi connectivity index (χ0) is 17.2. The van der Waals surface area contributed by atoms with Gasteiger partial charge < -0.3 is 14.8 Å². The molecule has 2 aliphatic rings. The van der Waals surface area contributed by atoms with Crippen molar-refractivity contribution >= 4 is 5.69 Å². The van der Waals surface area contributed by atoms with Crippen LogP contribution >= 0.6 is 0 Å². The van der Waals surface area contributed by atoms with Crippen molar-refractivity contribution in [2.75, 3.05) is 18.5 Å². The lowest BCUT2D eigenvalue weighted by atomic mass is 9.77. The van der Waals surface area contributed by atoms with E-state index in [1.165, 1.54) is 28.8 Å². The van der Waals surface area contributed by atoms with Crippen molar-refractivity contribution in [2.45, 2.75) is 31.9 Å². The topological polar surface area (TPSA) is 30.5 Å². The third-order valence-electron chi connectivity index (χ3n) is 5.23. The van der Waals surface area contributed by atoms with Crippen LogP contribution in [-0.2, 0) is 4.74 Å². The molecule has 0 spiro atoms. The van der Waals surface area contributed by atoms with Crippen molar-refractivity contribution < 1.29 is 9.47 Å². The van der Waals surface area contributed by atoms with E-state index in [1.807, 2.05) is 12.1 Å². The van der Waals surface area contributed by atoms with E-state index < -0.39 is 0 Å². The molecule has 0 aromatic heterocycles. The minimum Gasteiger partial charge on any atom is -0.490 e. The number of hydrogen-bond donors (Lipinski definition) is 1. The largest absolute Gasteiger partial charge is 0.490 e. The van der Waals surface area contributed by atoms with Gasteiger partial charge in [0.05, 0.1) is 12.1 Å². The van der Waals surface area contributed by atoms with E-state index in [0.29, 0.717) is 12.5 Å². The molecule has 1 fully saturated rings. The maximum absolute atomic E-state index is 6.22. The summed E-state index contributed by atoms with van der Waals surface area (Å²) in [6.45, 7) is 7.23. The lowest BCUT2D eigenvalue weighted by Gasteiger charge is -2.43. The molecule has 2 aliphatic heterocycles. The van der Waals surface area contributed by atoms with Gasteiger partial charge in [-0.2, -0.15) is 0 Å². The van der Waals surface area contributed by atoms with Gasteiger partial charge >= 0.3 is 0 Å². The average Bonchev–Trinajstić information content (AvgIpc) is 2.66. The monoisotopic (exact) mass is 335 g/mol. The highest BCUT2D eigenvalue weighted by atomic mass is 16.5. The smallest absolute Gasteiger partial charge is 0.119 e. The van der Waals surface area contributed by atoms with Gasteiger partial charge in [-0.25, -0.2) is 0 Å². The molecule has 1 N–H and O–H groups in total. The second-order valence-electron chi connectivity index (χ2n) is 6.98. The molecule has 130 valence electrons. The number of benzene rings is 2. The Kier molecular flexibility index (Phi) is 4.50. The van der Waals surface area contributed by atoms with Crippen molar-refractivity contribution in [1.29, 1.82) is 0 Å². The highest BCUT2D eigenvalue weighted by Gasteiger charge is 2.39. The van der Waals surface area contributed by atoms with Crippen molar-refractivity contribution in [3.63, 3.8) is 0 Å². The summed E-state index contributed by atoms with van der Waals surface area (Å²) in [5.41, 5.74) is 5.09. The quantitative estimate of drug-likeness (QED) is 0.780. The first-order chi connectivity index (χ1) is 12.3. The maximum Gasteiger partial charge on any atom is 0.119 e. The van der Waals surface area contributed by atoms with Crippen LogP contribution in [0, 0.1) is 12.8 Å². The molecule has 2 aromatic rings. The molecule has 0 amide bonds. The van der Waals surface area contributed by atoms with Crippen LogP contribution in [0.15, 0.2) is 55.1 Å². The van der Waals surface area contributed by atoms with Gasteiger partial charge in [0.1, 0.15) is 12.4 Å². The summed E-state index contributed by atoms with van der Waals surface area (Å²) in [5, 5.41) is 3.77. The molecule has 1 unspecified atom stereocenters. The molecule has 1 saturated heterocycles. The zero-order valence-corrected chi connectivity index (χ0v) is 14.7. The number of ether oxygens (including phenoxy) is 2. The average molecular weight is 335 g/mol. The Labute approximate surface area is 149 Å². The maximum atomic E-state index is 6.22. The van der Waals surface area contributed by atoms with Gasteiger partial charge in [0.2, 0.25) is 0 Å². The van der Waals surface area contributed by atoms with Crippen LogP contribution in [-0.4, -0.2) is 13.2 Å². The minimum absolute atomic E-state index is 0.187. The third-order valence-corrected chi connectivity index (χ3v) is 5.23. The highest BCUT2D eigenvalue weighted by molar-refractivity contribution is 5.58. The Morgan fingerprint density at radius 2 is 2.08 bits per heavy atom. The third kappa shape index (κ3) is 3.16. The summed E-state index contributed by atoms with van der Waals surface area (Å²) in [6.07, 6.45) is 4.26. The predicted molar refractivity (Wildman–Crippen MR) is 101 cm³/mol. The number of nitrogens with one attached hydrogen (secondary N) is 1. The van der Waals surface area contributed by atoms with Crippen LogP contribution in [0.3, 0.4) is 0 Å². The van der Waals surface area contributed by atoms with Gasteiger partial charge in [0, 0.05) is 23.8 Å². The normalized spacial score (nSPS) is 24.6. The van der Waals surface area contributed by atoms with Gasteiger partial charge in [-0.05, 0) is 43.5 Å². The molecule has 25 heavy (non-hydrogen) atoms. The molecule has 2 aromatic carbocycles. The molecule has 2 heterocycles. The van der Waals surface area contributed by atoms with Crippen molar-refractivity contribution in [1.82, 2.24) is 0 Å². The number of fused-ring (bicyclic) bond motifs is 3. The Hall–Kier alpha value is -2.26. The lowest BCUT2D eigenvalue weighted by Crippen LogP contribution is -2.36. The Morgan fingerprint density at radius 1 is 1.24 bits per heavy atom. The highest BCUT2D eigenvalue weighted by Crippen LogP contribution is 2.49. The molecule has 0 saturated carbocycles. The Balaban J connectivity index is 1.65. The fourth-order valence-corrected chi connectivity index (χ4v) is 4.05. The van der Waals surface area contributed by atoms with Crippen LogP contribution in [0.5, 0.6) is 5.75 Å². The fraction of sp³-hybridized carbons (Fsp3) is 0.364. The van der Waals surface area contributed by atoms with Gasteiger partial charge in [0.15, 0.2) is 0 Å². The van der Waals surface area contributed by atoms with Crippen LogP contribution in [0.2, 0.25) is 0 Å². The van der Waals surface area contributed by atoms with E-state index in [1.54, 1.807) is 6.08 Å². The molecule has 0 aliphatic carbocycles. The number of aryl methyl sites for hydroxylation is 1. The molecule has 3 atom stereocenters. The van der Waals surface area contributed by atoms with Crippen LogP contribution in [0.4, 0.5) is 5.69 Å². The summed E-state index contributed by atoms with van der Waals surface area (Å²) < 4.78 is 11.8. The first-order valence-corrected chi connectivity index (χ1v) is 9.08. The van der Waals surface area contributed by atoms with Gasteiger partial charge in [-0.3, -0.25) is 0 Å². The summed E-state index contributed by atoms with van der Waals surface area (Å²) in [4.78, 5) is 0. The second-order valence-corrected chi connectivity index (χ2v) is 6.98. The van der Waals surface area contributed by atoms with E-state index >= 15 is 0 Å². The van der Waals surface area contributed by atoms with E-state index in [0.717, 1.165) is 18.8 Å². The van der Waals surface area contributed by atoms with Crippen LogP contribution in [0.25, 0.3) is 0 Å². The van der Waals surface area contributed by atoms with E-state index in [9.17, 15) is 0 Å². The summed E-state index contributed by atoms with van der Waals surface area (Å²) in [7, 11) is 0. The Bertz CT molecular complexity index is 753. The number of rotatable bonds is 4. The molecule has 0 radical (unpaired) electrons. The van der Waals surface area contributed by atoms with Crippen molar-refractivity contribution in [2.24, 2.45) is 5.92 Å². The van der Waals surface area contributed by atoms with Gasteiger partial charge in [0.25, 0.3) is 0 Å². The fourth-order valence-electron chi connectivity index (χ4n) is 4.05. The van der Waals surface area contributed by atoms with Crippen molar-refractivity contribution in [3.8, 4) is 5.75 Å². The van der Waals surface area contributed by atoms with Crippen molar-refractivity contribution in [3.05, 3.63) is 71.8 Å². The SMILES string of the molecule is C=CCOc1ccc(C2Nc3ccc(C)cc3[C@H]3OCCC[C@@H]23)cc1. The van der Waals surface area contributed by atoms with Gasteiger partial charge in [-0.15, -0.1) is 0 Å². The first kappa shape index (κ1) is 16.2. The van der Waals surface area contributed by atoms with Crippen LogP contribution < -0.4 is 10.1 Å².